The number of fused-ring (bicyclic) bond motifs is 2. The van der Waals surface area contributed by atoms with Crippen molar-refractivity contribution >= 4 is 15.8 Å². The first-order valence-electron chi connectivity index (χ1n) is 5.23. The topological polar surface area (TPSA) is 77.2 Å². The van der Waals surface area contributed by atoms with Gasteiger partial charge in [0.25, 0.3) is 0 Å². The van der Waals surface area contributed by atoms with Crippen molar-refractivity contribution in [3.8, 4) is 0 Å². The quantitative estimate of drug-likeness (QED) is 0.758. The van der Waals surface area contributed by atoms with Gasteiger partial charge in [0.05, 0.1) is 5.75 Å². The first-order valence-corrected chi connectivity index (χ1v) is 6.94. The normalized spacial score (nSPS) is 38.6. The van der Waals surface area contributed by atoms with E-state index in [9.17, 15) is 13.2 Å². The van der Waals surface area contributed by atoms with Gasteiger partial charge in [-0.15, -0.1) is 0 Å². The Morgan fingerprint density at radius 3 is 2.40 bits per heavy atom. The van der Waals surface area contributed by atoms with E-state index in [1.807, 2.05) is 13.8 Å². The van der Waals surface area contributed by atoms with Crippen LogP contribution >= 0.6 is 0 Å². The number of primary sulfonamides is 1. The minimum Gasteiger partial charge on any atom is -0.299 e. The van der Waals surface area contributed by atoms with Crippen molar-refractivity contribution < 1.29 is 13.2 Å². The molecule has 0 amide bonds. The lowest BCUT2D eigenvalue weighted by Gasteiger charge is -2.35. The van der Waals surface area contributed by atoms with Crippen molar-refractivity contribution in [2.45, 2.75) is 33.1 Å². The van der Waals surface area contributed by atoms with Gasteiger partial charge in [0, 0.05) is 11.8 Å². The van der Waals surface area contributed by atoms with E-state index in [4.69, 9.17) is 5.14 Å². The second-order valence-electron chi connectivity index (χ2n) is 5.47. The zero-order chi connectivity index (χ0) is 11.5. The van der Waals surface area contributed by atoms with E-state index < -0.39 is 15.4 Å². The van der Waals surface area contributed by atoms with E-state index in [0.29, 0.717) is 18.8 Å². The molecule has 2 aliphatic carbocycles. The Morgan fingerprint density at radius 1 is 1.47 bits per heavy atom. The number of nitrogens with two attached hydrogens (primary N) is 1. The maximum absolute atomic E-state index is 11.9. The lowest BCUT2D eigenvalue weighted by Crippen LogP contribution is -2.43. The Labute approximate surface area is 90.3 Å². The lowest BCUT2D eigenvalue weighted by atomic mass is 9.70. The molecule has 0 aliphatic heterocycles. The third-order valence-electron chi connectivity index (χ3n) is 4.59. The molecule has 0 heterocycles. The standard InChI is InChI=1S/C10H17NO3S/c1-9(2)7-3-4-10(9,8(12)5-7)6-15(11,13)14/h7H,3-6H2,1-2H3,(H2,11,13,14)/t7?,10-/m1/s1. The third kappa shape index (κ3) is 1.36. The van der Waals surface area contributed by atoms with Gasteiger partial charge in [0.15, 0.2) is 0 Å². The predicted octanol–water partition coefficient (Wildman–Crippen LogP) is 0.670. The summed E-state index contributed by atoms with van der Waals surface area (Å²) in [6.45, 7) is 4.00. The summed E-state index contributed by atoms with van der Waals surface area (Å²) in [6.07, 6.45) is 2.16. The molecule has 2 rings (SSSR count). The van der Waals surface area contributed by atoms with Gasteiger partial charge in [-0.2, -0.15) is 0 Å². The highest BCUT2D eigenvalue weighted by atomic mass is 32.2. The lowest BCUT2D eigenvalue weighted by molar-refractivity contribution is -0.128. The number of sulfonamides is 1. The van der Waals surface area contributed by atoms with Gasteiger partial charge >= 0.3 is 0 Å². The van der Waals surface area contributed by atoms with E-state index in [0.717, 1.165) is 6.42 Å². The molecule has 86 valence electrons. The maximum atomic E-state index is 11.9. The summed E-state index contributed by atoms with van der Waals surface area (Å²) in [6, 6.07) is 0. The second kappa shape index (κ2) is 2.83. The van der Waals surface area contributed by atoms with E-state index >= 15 is 0 Å². The van der Waals surface area contributed by atoms with Crippen molar-refractivity contribution in [3.63, 3.8) is 0 Å². The highest BCUT2D eigenvalue weighted by Gasteiger charge is 2.65. The van der Waals surface area contributed by atoms with Gasteiger partial charge < -0.3 is 0 Å². The average molecular weight is 231 g/mol. The van der Waals surface area contributed by atoms with Crippen molar-refractivity contribution in [1.82, 2.24) is 0 Å². The minimum absolute atomic E-state index is 0.0952. The molecule has 0 aromatic heterocycles. The number of hydrogen-bond donors (Lipinski definition) is 1. The van der Waals surface area contributed by atoms with Crippen LogP contribution in [0.3, 0.4) is 0 Å². The molecule has 2 aliphatic rings. The van der Waals surface area contributed by atoms with Crippen LogP contribution in [0, 0.1) is 16.7 Å². The molecule has 5 heteroatoms. The monoisotopic (exact) mass is 231 g/mol. The Hall–Kier alpha value is -0.420. The first kappa shape index (κ1) is 11.1. The number of Topliss-reactive ketones (excluding diaryl/α,β-unsaturated/α-hetero) is 1. The summed E-state index contributed by atoms with van der Waals surface area (Å²) in [5.41, 5.74) is -0.915. The second-order valence-corrected chi connectivity index (χ2v) is 7.09. The highest BCUT2D eigenvalue weighted by Crippen LogP contribution is 2.64. The summed E-state index contributed by atoms with van der Waals surface area (Å²) in [5, 5.41) is 5.10. The zero-order valence-corrected chi connectivity index (χ0v) is 9.93. The molecular formula is C10H17NO3S. The fourth-order valence-corrected chi connectivity index (χ4v) is 4.82. The van der Waals surface area contributed by atoms with Crippen LogP contribution in [0.2, 0.25) is 0 Å². The molecule has 2 saturated carbocycles. The zero-order valence-electron chi connectivity index (χ0n) is 9.12. The van der Waals surface area contributed by atoms with E-state index in [1.54, 1.807) is 0 Å². The van der Waals surface area contributed by atoms with Crippen LogP contribution in [0.5, 0.6) is 0 Å². The average Bonchev–Trinajstić information content (AvgIpc) is 2.34. The Morgan fingerprint density at radius 2 is 2.07 bits per heavy atom. The van der Waals surface area contributed by atoms with Gasteiger partial charge in [0.2, 0.25) is 10.0 Å². The van der Waals surface area contributed by atoms with E-state index in [1.165, 1.54) is 0 Å². The van der Waals surface area contributed by atoms with E-state index in [2.05, 4.69) is 0 Å². The van der Waals surface area contributed by atoms with E-state index in [-0.39, 0.29) is 17.0 Å². The Balaban J connectivity index is 2.45. The molecule has 4 nitrogen and oxygen atoms in total. The largest absolute Gasteiger partial charge is 0.299 e. The molecule has 15 heavy (non-hydrogen) atoms. The molecule has 2 fully saturated rings. The third-order valence-corrected chi connectivity index (χ3v) is 5.48. The summed E-state index contributed by atoms with van der Waals surface area (Å²) in [5.74, 6) is 0.257. The van der Waals surface area contributed by atoms with Crippen molar-refractivity contribution in [2.75, 3.05) is 5.75 Å². The van der Waals surface area contributed by atoms with Gasteiger partial charge in [-0.05, 0) is 24.2 Å². The highest BCUT2D eigenvalue weighted by molar-refractivity contribution is 7.89. The number of rotatable bonds is 2. The maximum Gasteiger partial charge on any atom is 0.210 e. The van der Waals surface area contributed by atoms with Crippen LogP contribution in [-0.4, -0.2) is 20.0 Å². The SMILES string of the molecule is CC1(C)C2CC[C@@]1(CS(N)(=O)=O)C(=O)C2. The molecule has 2 N–H and O–H groups in total. The summed E-state index contributed by atoms with van der Waals surface area (Å²) in [7, 11) is -3.58. The number of carbonyl (C=O) groups is 1. The minimum atomic E-state index is -3.58. The van der Waals surface area contributed by atoms with Crippen LogP contribution in [0.25, 0.3) is 0 Å². The summed E-state index contributed by atoms with van der Waals surface area (Å²) >= 11 is 0. The molecule has 0 aromatic rings. The molecule has 0 saturated heterocycles. The van der Waals surface area contributed by atoms with Crippen LogP contribution in [0.15, 0.2) is 0 Å². The molecule has 1 unspecified atom stereocenters. The number of carbonyl (C=O) groups excluding carboxylic acids is 1. The van der Waals surface area contributed by atoms with Crippen molar-refractivity contribution in [1.29, 1.82) is 0 Å². The molecule has 0 radical (unpaired) electrons. The molecule has 0 aromatic carbocycles. The predicted molar refractivity (Wildman–Crippen MR) is 56.5 cm³/mol. The number of ketones is 1. The van der Waals surface area contributed by atoms with Crippen molar-refractivity contribution in [3.05, 3.63) is 0 Å². The van der Waals surface area contributed by atoms with Crippen LogP contribution in [-0.2, 0) is 14.8 Å². The van der Waals surface area contributed by atoms with Gasteiger partial charge in [-0.3, -0.25) is 4.79 Å². The molecule has 0 spiro atoms. The Bertz CT molecular complexity index is 412. The Kier molecular flexibility index (Phi) is 2.09. The molecule has 2 bridgehead atoms. The smallest absolute Gasteiger partial charge is 0.210 e. The molecule has 2 atom stereocenters. The fourth-order valence-electron chi connectivity index (χ4n) is 3.45. The van der Waals surface area contributed by atoms with Crippen LogP contribution in [0.1, 0.15) is 33.1 Å². The van der Waals surface area contributed by atoms with Gasteiger partial charge in [-0.1, -0.05) is 13.8 Å². The molecular weight excluding hydrogens is 214 g/mol. The van der Waals surface area contributed by atoms with Gasteiger partial charge in [-0.25, -0.2) is 13.6 Å². The van der Waals surface area contributed by atoms with Gasteiger partial charge in [0.1, 0.15) is 5.78 Å². The first-order chi connectivity index (χ1) is 6.69. The summed E-state index contributed by atoms with van der Waals surface area (Å²) < 4.78 is 22.5. The van der Waals surface area contributed by atoms with Crippen molar-refractivity contribution in [2.24, 2.45) is 21.9 Å². The van der Waals surface area contributed by atoms with Crippen LogP contribution < -0.4 is 5.14 Å². The van der Waals surface area contributed by atoms with Crippen LogP contribution in [0.4, 0.5) is 0 Å². The fraction of sp³-hybridized carbons (Fsp3) is 0.900. The summed E-state index contributed by atoms with van der Waals surface area (Å²) in [4.78, 5) is 11.9. The number of hydrogen-bond acceptors (Lipinski definition) is 3.